The number of halogens is 1. The van der Waals surface area contributed by atoms with Crippen molar-refractivity contribution in [3.63, 3.8) is 0 Å². The van der Waals surface area contributed by atoms with Crippen LogP contribution in [0.5, 0.6) is 0 Å². The molecule has 0 aromatic heterocycles. The molecule has 1 spiro atoms. The molecular weight excluding hydrogens is 314 g/mol. The second-order valence-corrected chi connectivity index (χ2v) is 7.90. The van der Waals surface area contributed by atoms with E-state index in [9.17, 15) is 8.42 Å². The molecule has 2 aliphatic heterocycles. The van der Waals surface area contributed by atoms with Crippen molar-refractivity contribution in [1.82, 2.24) is 4.31 Å². The monoisotopic (exact) mass is 331 g/mol. The van der Waals surface area contributed by atoms with E-state index in [1.165, 1.54) is 10.4 Å². The summed E-state index contributed by atoms with van der Waals surface area (Å²) in [6.45, 7) is 1.33. The number of sulfonamides is 1. The molecule has 2 aliphatic rings. The maximum atomic E-state index is 12.6. The largest absolute Gasteiger partial charge is 0.381 e. The number of benzene rings is 1. The molecule has 0 saturated carbocycles. The Hall–Kier alpha value is -0.660. The van der Waals surface area contributed by atoms with Gasteiger partial charge in [0.2, 0.25) is 10.0 Å². The Bertz CT molecular complexity index is 628. The smallest absolute Gasteiger partial charge is 0.244 e. The van der Waals surface area contributed by atoms with E-state index in [1.54, 1.807) is 25.3 Å². The van der Waals surface area contributed by atoms with E-state index in [1.807, 2.05) is 0 Å². The Kier molecular flexibility index (Phi) is 4.00. The van der Waals surface area contributed by atoms with Crippen molar-refractivity contribution in [2.75, 3.05) is 26.8 Å². The highest BCUT2D eigenvalue weighted by molar-refractivity contribution is 7.89. The van der Waals surface area contributed by atoms with Crippen molar-refractivity contribution >= 4 is 21.6 Å². The van der Waals surface area contributed by atoms with E-state index in [-0.39, 0.29) is 16.0 Å². The molecule has 1 aromatic carbocycles. The van der Waals surface area contributed by atoms with Crippen molar-refractivity contribution in [3.8, 4) is 0 Å². The summed E-state index contributed by atoms with van der Waals surface area (Å²) in [6.07, 6.45) is 1.73. The Morgan fingerprint density at radius 1 is 1.38 bits per heavy atom. The Labute approximate surface area is 129 Å². The minimum Gasteiger partial charge on any atom is -0.381 e. The van der Waals surface area contributed by atoms with E-state index in [2.05, 4.69) is 0 Å². The van der Waals surface area contributed by atoms with Gasteiger partial charge < -0.3 is 9.47 Å². The molecule has 2 fully saturated rings. The first-order valence-electron chi connectivity index (χ1n) is 6.88. The average Bonchev–Trinajstić information content (AvgIpc) is 2.45. The predicted molar refractivity (Wildman–Crippen MR) is 78.9 cm³/mol. The van der Waals surface area contributed by atoms with Gasteiger partial charge in [-0.1, -0.05) is 23.7 Å². The number of rotatable bonds is 3. The number of hydrogen-bond acceptors (Lipinski definition) is 4. The maximum absolute atomic E-state index is 12.6. The molecule has 5 nitrogen and oxygen atoms in total. The lowest BCUT2D eigenvalue weighted by molar-refractivity contribution is -0.173. The summed E-state index contributed by atoms with van der Waals surface area (Å²) in [5, 5.41) is 0.248. The Balaban J connectivity index is 1.75. The fraction of sp³-hybridized carbons (Fsp3) is 0.571. The minimum atomic E-state index is -3.55. The van der Waals surface area contributed by atoms with Crippen LogP contribution in [0.3, 0.4) is 0 Å². The van der Waals surface area contributed by atoms with Gasteiger partial charge in [-0.3, -0.25) is 0 Å². The predicted octanol–water partition coefficient (Wildman–Crippen LogP) is 1.91. The van der Waals surface area contributed by atoms with E-state index in [0.717, 1.165) is 12.8 Å². The molecule has 21 heavy (non-hydrogen) atoms. The summed E-state index contributed by atoms with van der Waals surface area (Å²) in [5.74, 6) is 0. The zero-order valence-corrected chi connectivity index (χ0v) is 13.4. The third-order valence-electron chi connectivity index (χ3n) is 4.16. The number of nitrogens with zero attached hydrogens (tertiary/aromatic N) is 1. The summed E-state index contributed by atoms with van der Waals surface area (Å²) < 4.78 is 37.7. The van der Waals surface area contributed by atoms with Crippen LogP contribution in [0.15, 0.2) is 29.2 Å². The number of hydrogen-bond donors (Lipinski definition) is 0. The van der Waals surface area contributed by atoms with Crippen LogP contribution in [-0.4, -0.2) is 51.2 Å². The molecule has 1 atom stereocenters. The minimum absolute atomic E-state index is 0.143. The second kappa shape index (κ2) is 5.52. The van der Waals surface area contributed by atoms with Crippen molar-refractivity contribution in [2.24, 2.45) is 0 Å². The Morgan fingerprint density at radius 3 is 2.76 bits per heavy atom. The molecule has 2 saturated heterocycles. The standard InChI is InChI=1S/C14H18ClNO4S/c1-19-11-6-7-20-14(8-11)9-16(10-14)21(17,18)13-5-3-2-4-12(13)15/h2-5,11H,6-10H2,1H3. The summed E-state index contributed by atoms with van der Waals surface area (Å²) >= 11 is 6.00. The van der Waals surface area contributed by atoms with Gasteiger partial charge in [0.15, 0.2) is 0 Å². The molecular formula is C14H18ClNO4S. The van der Waals surface area contributed by atoms with Gasteiger partial charge in [0, 0.05) is 33.2 Å². The lowest BCUT2D eigenvalue weighted by Gasteiger charge is -2.52. The van der Waals surface area contributed by atoms with Gasteiger partial charge in [-0.15, -0.1) is 0 Å². The zero-order valence-electron chi connectivity index (χ0n) is 11.8. The summed E-state index contributed by atoms with van der Waals surface area (Å²) in [5.41, 5.74) is -0.396. The first kappa shape index (κ1) is 15.2. The van der Waals surface area contributed by atoms with E-state index in [0.29, 0.717) is 19.7 Å². The average molecular weight is 332 g/mol. The first-order chi connectivity index (χ1) is 9.97. The summed E-state index contributed by atoms with van der Waals surface area (Å²) in [4.78, 5) is 0.153. The molecule has 0 amide bonds. The van der Waals surface area contributed by atoms with E-state index < -0.39 is 15.6 Å². The normalized spacial score (nSPS) is 25.7. The molecule has 0 radical (unpaired) electrons. The fourth-order valence-electron chi connectivity index (χ4n) is 2.96. The van der Waals surface area contributed by atoms with E-state index in [4.69, 9.17) is 21.1 Å². The quantitative estimate of drug-likeness (QED) is 0.849. The summed E-state index contributed by atoms with van der Waals surface area (Å²) in [6, 6.07) is 6.50. The van der Waals surface area contributed by atoms with Gasteiger partial charge in [-0.25, -0.2) is 8.42 Å². The molecule has 3 rings (SSSR count). The molecule has 1 aromatic rings. The van der Waals surface area contributed by atoms with Crippen LogP contribution in [0.25, 0.3) is 0 Å². The van der Waals surface area contributed by atoms with Crippen molar-refractivity contribution in [1.29, 1.82) is 0 Å². The third-order valence-corrected chi connectivity index (χ3v) is 6.46. The van der Waals surface area contributed by atoms with Crippen LogP contribution in [0.4, 0.5) is 0 Å². The highest BCUT2D eigenvalue weighted by Gasteiger charge is 2.52. The van der Waals surface area contributed by atoms with Crippen molar-refractivity contribution in [3.05, 3.63) is 29.3 Å². The van der Waals surface area contributed by atoms with E-state index >= 15 is 0 Å². The topological polar surface area (TPSA) is 55.8 Å². The number of ether oxygens (including phenoxy) is 2. The van der Waals surface area contributed by atoms with Gasteiger partial charge in [-0.05, 0) is 18.6 Å². The molecule has 0 aliphatic carbocycles. The van der Waals surface area contributed by atoms with Crippen LogP contribution in [-0.2, 0) is 19.5 Å². The molecule has 116 valence electrons. The molecule has 0 N–H and O–H groups in total. The van der Waals surface area contributed by atoms with Crippen LogP contribution < -0.4 is 0 Å². The van der Waals surface area contributed by atoms with Crippen LogP contribution >= 0.6 is 11.6 Å². The van der Waals surface area contributed by atoms with Crippen LogP contribution in [0.2, 0.25) is 5.02 Å². The molecule has 2 heterocycles. The SMILES string of the molecule is COC1CCOC2(C1)CN(S(=O)(=O)c1ccccc1Cl)C2. The first-order valence-corrected chi connectivity index (χ1v) is 8.70. The summed E-state index contributed by atoms with van der Waals surface area (Å²) in [7, 11) is -1.87. The highest BCUT2D eigenvalue weighted by Crippen LogP contribution is 2.39. The third kappa shape index (κ3) is 2.71. The molecule has 7 heteroatoms. The van der Waals surface area contributed by atoms with Gasteiger partial charge >= 0.3 is 0 Å². The van der Waals surface area contributed by atoms with Gasteiger partial charge in [0.05, 0.1) is 16.7 Å². The highest BCUT2D eigenvalue weighted by atomic mass is 35.5. The zero-order chi connectivity index (χ0) is 15.1. The molecule has 0 bridgehead atoms. The maximum Gasteiger partial charge on any atom is 0.244 e. The lowest BCUT2D eigenvalue weighted by atomic mass is 9.86. The molecule has 1 unspecified atom stereocenters. The van der Waals surface area contributed by atoms with Crippen LogP contribution in [0, 0.1) is 0 Å². The lowest BCUT2D eigenvalue weighted by Crippen LogP contribution is -2.67. The van der Waals surface area contributed by atoms with Crippen molar-refractivity contribution < 1.29 is 17.9 Å². The Morgan fingerprint density at radius 2 is 2.10 bits per heavy atom. The van der Waals surface area contributed by atoms with Gasteiger partial charge in [0.25, 0.3) is 0 Å². The number of methoxy groups -OCH3 is 1. The van der Waals surface area contributed by atoms with Gasteiger partial charge in [-0.2, -0.15) is 4.31 Å². The fourth-order valence-corrected chi connectivity index (χ4v) is 5.05. The van der Waals surface area contributed by atoms with Gasteiger partial charge in [0.1, 0.15) is 4.90 Å². The van der Waals surface area contributed by atoms with Crippen LogP contribution in [0.1, 0.15) is 12.8 Å². The second-order valence-electron chi connectivity index (χ2n) is 5.59. The van der Waals surface area contributed by atoms with Crippen molar-refractivity contribution in [2.45, 2.75) is 29.4 Å².